The van der Waals surface area contributed by atoms with Crippen molar-refractivity contribution in [2.24, 2.45) is 5.73 Å². The zero-order valence-electron chi connectivity index (χ0n) is 8.54. The topological polar surface area (TPSA) is 29.3 Å². The monoisotopic (exact) mass is 168 g/mol. The van der Waals surface area contributed by atoms with Crippen molar-refractivity contribution < 1.29 is 0 Å². The Morgan fingerprint density at radius 3 is 2.00 bits per heavy atom. The smallest absolute Gasteiger partial charge is 0.0310 e. The van der Waals surface area contributed by atoms with Gasteiger partial charge in [0, 0.05) is 5.70 Å². The lowest BCUT2D eigenvalue weighted by molar-refractivity contribution is 0.505. The summed E-state index contributed by atoms with van der Waals surface area (Å²) in [4.78, 5) is 2.00. The van der Waals surface area contributed by atoms with Gasteiger partial charge in [0.15, 0.2) is 0 Å². The van der Waals surface area contributed by atoms with Crippen LogP contribution in [0.4, 0.5) is 0 Å². The van der Waals surface area contributed by atoms with Crippen molar-refractivity contribution in [1.82, 2.24) is 4.90 Å². The molecule has 0 aromatic rings. The molecule has 0 radical (unpaired) electrons. The molecule has 0 fully saturated rings. The predicted octanol–water partition coefficient (Wildman–Crippen LogP) is 1.77. The summed E-state index contributed by atoms with van der Waals surface area (Å²) in [5, 5.41) is 0. The molecule has 0 amide bonds. The van der Waals surface area contributed by atoms with Crippen molar-refractivity contribution in [3.63, 3.8) is 0 Å². The van der Waals surface area contributed by atoms with Gasteiger partial charge in [0.1, 0.15) is 0 Å². The lowest BCUT2D eigenvalue weighted by Gasteiger charge is -1.90. The molecule has 0 spiro atoms. The molecule has 0 aliphatic rings. The SMILES string of the molecule is C=C/C=C(N)\C=C/C.CN(C)C. The molecule has 0 aliphatic carbocycles. The molecular formula is C10H20N2. The highest BCUT2D eigenvalue weighted by Gasteiger charge is 1.71. The second kappa shape index (κ2) is 9.98. The summed E-state index contributed by atoms with van der Waals surface area (Å²) in [6.07, 6.45) is 7.12. The Kier molecular flexibility index (Phi) is 11.3. The van der Waals surface area contributed by atoms with Crippen LogP contribution >= 0.6 is 0 Å². The van der Waals surface area contributed by atoms with Gasteiger partial charge in [-0.25, -0.2) is 0 Å². The number of nitrogens with zero attached hydrogens (tertiary/aromatic N) is 1. The molecule has 70 valence electrons. The van der Waals surface area contributed by atoms with E-state index < -0.39 is 0 Å². The van der Waals surface area contributed by atoms with Crippen molar-refractivity contribution >= 4 is 0 Å². The molecule has 0 heterocycles. The maximum atomic E-state index is 5.40. The highest BCUT2D eigenvalue weighted by atomic mass is 15.0. The summed E-state index contributed by atoms with van der Waals surface area (Å²) in [6, 6.07) is 0. The summed E-state index contributed by atoms with van der Waals surface area (Å²) < 4.78 is 0. The summed E-state index contributed by atoms with van der Waals surface area (Å²) >= 11 is 0. The third-order valence-electron chi connectivity index (χ3n) is 0.669. The zero-order chi connectivity index (χ0) is 9.98. The Bertz CT molecular complexity index is 152. The first-order chi connectivity index (χ1) is 5.54. The molecule has 2 nitrogen and oxygen atoms in total. The van der Waals surface area contributed by atoms with Crippen LogP contribution in [-0.4, -0.2) is 26.0 Å². The average Bonchev–Trinajstić information content (AvgIpc) is 1.87. The zero-order valence-corrected chi connectivity index (χ0v) is 8.54. The van der Waals surface area contributed by atoms with E-state index in [4.69, 9.17) is 5.73 Å². The third-order valence-corrected chi connectivity index (χ3v) is 0.669. The van der Waals surface area contributed by atoms with E-state index in [0.29, 0.717) is 0 Å². The molecule has 0 bridgehead atoms. The highest BCUT2D eigenvalue weighted by Crippen LogP contribution is 1.84. The largest absolute Gasteiger partial charge is 0.399 e. The molecule has 0 saturated heterocycles. The van der Waals surface area contributed by atoms with Crippen LogP contribution in [0.1, 0.15) is 6.92 Å². The minimum absolute atomic E-state index is 0.738. The van der Waals surface area contributed by atoms with E-state index in [1.54, 1.807) is 12.2 Å². The van der Waals surface area contributed by atoms with Crippen LogP contribution in [0.5, 0.6) is 0 Å². The standard InChI is InChI=1S/C7H11N.C3H9N/c1-3-5-7(8)6-4-2;1-4(2)3/h3-6H,1,8H2,2H3;1-3H3/b6-4-,7-5+;. The van der Waals surface area contributed by atoms with Crippen molar-refractivity contribution in [2.45, 2.75) is 6.92 Å². The fourth-order valence-corrected chi connectivity index (χ4v) is 0.384. The second-order valence-electron chi connectivity index (χ2n) is 2.74. The average molecular weight is 168 g/mol. The molecule has 0 aliphatic heterocycles. The first-order valence-electron chi connectivity index (χ1n) is 3.86. The molecular weight excluding hydrogens is 148 g/mol. The first kappa shape index (κ1) is 13.6. The molecule has 2 heteroatoms. The van der Waals surface area contributed by atoms with Gasteiger partial charge in [-0.1, -0.05) is 18.7 Å². The molecule has 0 atom stereocenters. The lowest BCUT2D eigenvalue weighted by Crippen LogP contribution is -1.99. The van der Waals surface area contributed by atoms with Crippen LogP contribution in [0.3, 0.4) is 0 Å². The van der Waals surface area contributed by atoms with E-state index in [2.05, 4.69) is 6.58 Å². The second-order valence-corrected chi connectivity index (χ2v) is 2.74. The summed E-state index contributed by atoms with van der Waals surface area (Å²) in [6.45, 7) is 5.41. The van der Waals surface area contributed by atoms with Gasteiger partial charge in [-0.05, 0) is 40.2 Å². The van der Waals surface area contributed by atoms with Crippen molar-refractivity contribution in [2.75, 3.05) is 21.1 Å². The first-order valence-corrected chi connectivity index (χ1v) is 3.86. The summed E-state index contributed by atoms with van der Waals surface area (Å²) in [5.74, 6) is 0. The molecule has 0 aromatic heterocycles. The summed E-state index contributed by atoms with van der Waals surface area (Å²) in [5.41, 5.74) is 6.14. The Morgan fingerprint density at radius 2 is 1.75 bits per heavy atom. The number of allylic oxidation sites excluding steroid dienone is 4. The van der Waals surface area contributed by atoms with Gasteiger partial charge in [0.2, 0.25) is 0 Å². The fraction of sp³-hybridized carbons (Fsp3) is 0.400. The van der Waals surface area contributed by atoms with Gasteiger partial charge >= 0.3 is 0 Å². The molecule has 0 rings (SSSR count). The van der Waals surface area contributed by atoms with E-state index in [0.717, 1.165) is 5.70 Å². The van der Waals surface area contributed by atoms with Gasteiger partial charge in [-0.3, -0.25) is 0 Å². The minimum atomic E-state index is 0.738. The molecule has 12 heavy (non-hydrogen) atoms. The lowest BCUT2D eigenvalue weighted by atomic mass is 10.4. The Morgan fingerprint density at radius 1 is 1.33 bits per heavy atom. The maximum Gasteiger partial charge on any atom is 0.0310 e. The number of rotatable bonds is 2. The van der Waals surface area contributed by atoms with Crippen LogP contribution in [0.15, 0.2) is 36.6 Å². The molecule has 0 unspecified atom stereocenters. The van der Waals surface area contributed by atoms with E-state index in [-0.39, 0.29) is 0 Å². The molecule has 2 N–H and O–H groups in total. The Labute approximate surface area is 76.1 Å². The fourth-order valence-electron chi connectivity index (χ4n) is 0.384. The number of hydrogen-bond acceptors (Lipinski definition) is 2. The van der Waals surface area contributed by atoms with E-state index in [9.17, 15) is 0 Å². The maximum absolute atomic E-state index is 5.40. The minimum Gasteiger partial charge on any atom is -0.399 e. The van der Waals surface area contributed by atoms with Gasteiger partial charge < -0.3 is 10.6 Å². The predicted molar refractivity (Wildman–Crippen MR) is 56.9 cm³/mol. The van der Waals surface area contributed by atoms with Crippen LogP contribution in [0.2, 0.25) is 0 Å². The summed E-state index contributed by atoms with van der Waals surface area (Å²) in [7, 11) is 6.00. The Balaban J connectivity index is 0. The van der Waals surface area contributed by atoms with Crippen LogP contribution in [0, 0.1) is 0 Å². The Hall–Kier alpha value is -1.02. The molecule has 0 aromatic carbocycles. The van der Waals surface area contributed by atoms with Crippen LogP contribution in [0.25, 0.3) is 0 Å². The quantitative estimate of drug-likeness (QED) is 0.637. The van der Waals surface area contributed by atoms with Crippen molar-refractivity contribution in [1.29, 1.82) is 0 Å². The third kappa shape index (κ3) is 23.1. The normalized spacial score (nSPS) is 11.2. The van der Waals surface area contributed by atoms with Gasteiger partial charge in [0.05, 0.1) is 0 Å². The van der Waals surface area contributed by atoms with E-state index >= 15 is 0 Å². The van der Waals surface area contributed by atoms with E-state index in [1.165, 1.54) is 0 Å². The van der Waals surface area contributed by atoms with Gasteiger partial charge in [-0.2, -0.15) is 0 Å². The van der Waals surface area contributed by atoms with Crippen molar-refractivity contribution in [3.8, 4) is 0 Å². The van der Waals surface area contributed by atoms with Crippen molar-refractivity contribution in [3.05, 3.63) is 36.6 Å². The highest BCUT2D eigenvalue weighted by molar-refractivity contribution is 5.18. The van der Waals surface area contributed by atoms with E-state index in [1.807, 2.05) is 45.1 Å². The molecule has 0 saturated carbocycles. The van der Waals surface area contributed by atoms with Crippen LogP contribution in [-0.2, 0) is 0 Å². The van der Waals surface area contributed by atoms with Gasteiger partial charge in [0.25, 0.3) is 0 Å². The van der Waals surface area contributed by atoms with Gasteiger partial charge in [-0.15, -0.1) is 0 Å². The number of hydrogen-bond donors (Lipinski definition) is 1. The number of nitrogens with two attached hydrogens (primary N) is 1. The van der Waals surface area contributed by atoms with Crippen LogP contribution < -0.4 is 5.73 Å².